The number of esters is 1. The zero-order valence-electron chi connectivity index (χ0n) is 16.8. The molecule has 8 heteroatoms. The standard InChI is InChI=1S/C20H29N3O5/c1-13(2)10-15(21)20(27)23(17(24)12-18(25)28-4)16(19(26)22-3)11-14-8-6-5-7-9-14/h5-9,13,15-16H,10-12,21H2,1-4H3,(H,22,26)/t15-,16-/m0/s1. The molecular weight excluding hydrogens is 362 g/mol. The van der Waals surface area contributed by atoms with Gasteiger partial charge in [0.25, 0.3) is 0 Å². The molecule has 8 nitrogen and oxygen atoms in total. The average Bonchev–Trinajstić information content (AvgIpc) is 2.66. The van der Waals surface area contributed by atoms with Gasteiger partial charge in [0.05, 0.1) is 13.2 Å². The van der Waals surface area contributed by atoms with Crippen molar-refractivity contribution in [2.45, 2.75) is 45.2 Å². The first-order valence-electron chi connectivity index (χ1n) is 9.15. The molecule has 3 amide bonds. The van der Waals surface area contributed by atoms with Crippen molar-refractivity contribution in [1.82, 2.24) is 10.2 Å². The van der Waals surface area contributed by atoms with Crippen molar-refractivity contribution in [3.63, 3.8) is 0 Å². The highest BCUT2D eigenvalue weighted by Crippen LogP contribution is 2.15. The highest BCUT2D eigenvalue weighted by Gasteiger charge is 2.37. The number of benzene rings is 1. The molecule has 154 valence electrons. The van der Waals surface area contributed by atoms with Crippen LogP contribution in [0.5, 0.6) is 0 Å². The number of ether oxygens (including phenoxy) is 1. The Morgan fingerprint density at radius 3 is 2.25 bits per heavy atom. The van der Waals surface area contributed by atoms with Crippen LogP contribution in [0.4, 0.5) is 0 Å². The summed E-state index contributed by atoms with van der Waals surface area (Å²) in [5.74, 6) is -2.71. The molecule has 28 heavy (non-hydrogen) atoms. The lowest BCUT2D eigenvalue weighted by atomic mass is 9.99. The van der Waals surface area contributed by atoms with Gasteiger partial charge in [0.15, 0.2) is 0 Å². The van der Waals surface area contributed by atoms with Crippen LogP contribution in [0, 0.1) is 5.92 Å². The minimum Gasteiger partial charge on any atom is -0.469 e. The van der Waals surface area contributed by atoms with E-state index >= 15 is 0 Å². The van der Waals surface area contributed by atoms with Gasteiger partial charge in [0.2, 0.25) is 17.7 Å². The highest BCUT2D eigenvalue weighted by molar-refractivity contribution is 6.07. The van der Waals surface area contributed by atoms with Crippen molar-refractivity contribution < 1.29 is 23.9 Å². The first kappa shape index (κ1) is 23.3. The van der Waals surface area contributed by atoms with Gasteiger partial charge < -0.3 is 15.8 Å². The molecule has 0 aliphatic carbocycles. The first-order valence-corrected chi connectivity index (χ1v) is 9.15. The fraction of sp³-hybridized carbons (Fsp3) is 0.500. The van der Waals surface area contributed by atoms with Crippen molar-refractivity contribution in [2.24, 2.45) is 11.7 Å². The Morgan fingerprint density at radius 2 is 1.75 bits per heavy atom. The first-order chi connectivity index (χ1) is 13.2. The van der Waals surface area contributed by atoms with Crippen LogP contribution >= 0.6 is 0 Å². The van der Waals surface area contributed by atoms with Crippen LogP contribution in [0.2, 0.25) is 0 Å². The van der Waals surface area contributed by atoms with Gasteiger partial charge in [0, 0.05) is 13.5 Å². The van der Waals surface area contributed by atoms with Crippen LogP contribution in [0.15, 0.2) is 30.3 Å². The van der Waals surface area contributed by atoms with Gasteiger partial charge in [-0.05, 0) is 17.9 Å². The number of likely N-dealkylation sites (N-methyl/N-ethyl adjacent to an activating group) is 1. The normalized spacial score (nSPS) is 12.8. The quantitative estimate of drug-likeness (QED) is 0.471. The number of amides is 3. The summed E-state index contributed by atoms with van der Waals surface area (Å²) in [5, 5.41) is 2.48. The Balaban J connectivity index is 3.28. The molecule has 0 saturated heterocycles. The second-order valence-corrected chi connectivity index (χ2v) is 6.91. The van der Waals surface area contributed by atoms with Crippen LogP contribution < -0.4 is 11.1 Å². The highest BCUT2D eigenvalue weighted by atomic mass is 16.5. The number of rotatable bonds is 9. The summed E-state index contributed by atoms with van der Waals surface area (Å²) in [7, 11) is 2.56. The second kappa shape index (κ2) is 11.2. The van der Waals surface area contributed by atoms with Crippen LogP contribution in [-0.2, 0) is 30.3 Å². The SMILES string of the molecule is CNC(=O)[C@H](Cc1ccccc1)N(C(=O)CC(=O)OC)C(=O)[C@@H](N)CC(C)C. The molecule has 0 aliphatic rings. The van der Waals surface area contributed by atoms with E-state index < -0.39 is 42.2 Å². The number of methoxy groups -OCH3 is 1. The maximum absolute atomic E-state index is 13.0. The Bertz CT molecular complexity index is 690. The monoisotopic (exact) mass is 391 g/mol. The molecule has 0 spiro atoms. The third-order valence-electron chi connectivity index (χ3n) is 4.20. The lowest BCUT2D eigenvalue weighted by Crippen LogP contribution is -2.57. The van der Waals surface area contributed by atoms with E-state index in [1.165, 1.54) is 7.05 Å². The number of nitrogens with one attached hydrogen (secondary N) is 1. The summed E-state index contributed by atoms with van der Waals surface area (Å²) < 4.78 is 4.53. The van der Waals surface area contributed by atoms with Crippen LogP contribution in [0.1, 0.15) is 32.3 Å². The zero-order valence-corrected chi connectivity index (χ0v) is 16.8. The average molecular weight is 391 g/mol. The third kappa shape index (κ3) is 6.77. The Kier molecular flexibility index (Phi) is 9.31. The predicted octanol–water partition coefficient (Wildman–Crippen LogP) is 0.635. The van der Waals surface area contributed by atoms with Crippen LogP contribution in [0.3, 0.4) is 0 Å². The second-order valence-electron chi connectivity index (χ2n) is 6.91. The summed E-state index contributed by atoms with van der Waals surface area (Å²) in [6.45, 7) is 3.79. The van der Waals surface area contributed by atoms with E-state index in [9.17, 15) is 19.2 Å². The number of hydrogen-bond donors (Lipinski definition) is 2. The minimum absolute atomic E-state index is 0.105. The van der Waals surface area contributed by atoms with E-state index in [0.29, 0.717) is 6.42 Å². The number of imide groups is 1. The molecule has 0 unspecified atom stereocenters. The fourth-order valence-corrected chi connectivity index (χ4v) is 2.82. The fourth-order valence-electron chi connectivity index (χ4n) is 2.82. The van der Waals surface area contributed by atoms with Crippen molar-refractivity contribution in [1.29, 1.82) is 0 Å². The minimum atomic E-state index is -1.13. The molecule has 0 bridgehead atoms. The molecule has 0 aromatic heterocycles. The van der Waals surface area contributed by atoms with Crippen LogP contribution in [0.25, 0.3) is 0 Å². The van der Waals surface area contributed by atoms with Gasteiger partial charge in [0.1, 0.15) is 12.5 Å². The zero-order chi connectivity index (χ0) is 21.3. The third-order valence-corrected chi connectivity index (χ3v) is 4.20. The van der Waals surface area contributed by atoms with Crippen molar-refractivity contribution in [2.75, 3.05) is 14.2 Å². The number of nitrogens with zero attached hydrogens (tertiary/aromatic N) is 1. The number of hydrogen-bond acceptors (Lipinski definition) is 6. The van der Waals surface area contributed by atoms with Gasteiger partial charge in [-0.15, -0.1) is 0 Å². The van der Waals surface area contributed by atoms with Gasteiger partial charge in [-0.2, -0.15) is 0 Å². The Morgan fingerprint density at radius 1 is 1.14 bits per heavy atom. The summed E-state index contributed by atoms with van der Waals surface area (Å²) in [6, 6.07) is 6.89. The van der Waals surface area contributed by atoms with E-state index in [1.54, 1.807) is 24.3 Å². The van der Waals surface area contributed by atoms with E-state index in [2.05, 4.69) is 10.1 Å². The van der Waals surface area contributed by atoms with Gasteiger partial charge >= 0.3 is 5.97 Å². The van der Waals surface area contributed by atoms with Crippen LogP contribution in [-0.4, -0.2) is 54.8 Å². The van der Waals surface area contributed by atoms with E-state index in [-0.39, 0.29) is 12.3 Å². The molecule has 1 aromatic rings. The number of carbonyl (C=O) groups is 4. The van der Waals surface area contributed by atoms with Gasteiger partial charge in [-0.25, -0.2) is 0 Å². The molecule has 0 radical (unpaired) electrons. The number of nitrogens with two attached hydrogens (primary N) is 1. The van der Waals surface area contributed by atoms with E-state index in [1.807, 2.05) is 19.9 Å². The molecule has 2 atom stereocenters. The van der Waals surface area contributed by atoms with Crippen molar-refractivity contribution >= 4 is 23.7 Å². The van der Waals surface area contributed by atoms with Gasteiger partial charge in [-0.1, -0.05) is 44.2 Å². The maximum Gasteiger partial charge on any atom is 0.315 e. The smallest absolute Gasteiger partial charge is 0.315 e. The Labute approximate surface area is 165 Å². The van der Waals surface area contributed by atoms with E-state index in [0.717, 1.165) is 17.6 Å². The van der Waals surface area contributed by atoms with Crippen molar-refractivity contribution in [3.05, 3.63) is 35.9 Å². The topological polar surface area (TPSA) is 119 Å². The molecule has 0 fully saturated rings. The summed E-state index contributed by atoms with van der Waals surface area (Å²) >= 11 is 0. The molecule has 1 rings (SSSR count). The lowest BCUT2D eigenvalue weighted by molar-refractivity contribution is -0.156. The van der Waals surface area contributed by atoms with Crippen molar-refractivity contribution in [3.8, 4) is 0 Å². The van der Waals surface area contributed by atoms with E-state index in [4.69, 9.17) is 5.73 Å². The Hall–Kier alpha value is -2.74. The molecule has 0 heterocycles. The summed E-state index contributed by atoms with van der Waals surface area (Å²) in [6.07, 6.45) is -0.209. The molecule has 1 aromatic carbocycles. The molecule has 3 N–H and O–H groups in total. The lowest BCUT2D eigenvalue weighted by Gasteiger charge is -2.31. The predicted molar refractivity (Wildman–Crippen MR) is 104 cm³/mol. The largest absolute Gasteiger partial charge is 0.469 e. The maximum atomic E-state index is 13.0. The molecule has 0 saturated carbocycles. The molecular formula is C20H29N3O5. The van der Waals surface area contributed by atoms with Gasteiger partial charge in [-0.3, -0.25) is 24.1 Å². The summed E-state index contributed by atoms with van der Waals surface area (Å²) in [5.41, 5.74) is 6.76. The number of carbonyl (C=O) groups excluding carboxylic acids is 4. The molecule has 0 aliphatic heterocycles. The summed E-state index contributed by atoms with van der Waals surface area (Å²) in [4.78, 5) is 50.7.